The smallest absolute Gasteiger partial charge is 0.243 e. The average molecular weight is 367 g/mol. The normalized spacial score (nSPS) is 12.1. The van der Waals surface area contributed by atoms with Crippen molar-refractivity contribution in [2.24, 2.45) is 0 Å². The highest BCUT2D eigenvalue weighted by atomic mass is 35.5. The summed E-state index contributed by atoms with van der Waals surface area (Å²) in [5, 5.41) is 3.73. The Morgan fingerprint density at radius 2 is 1.79 bits per heavy atom. The van der Waals surface area contributed by atoms with Gasteiger partial charge in [0.05, 0.1) is 4.90 Å². The molecule has 6 heteroatoms. The second-order valence-corrected chi connectivity index (χ2v) is 8.49. The average Bonchev–Trinajstić information content (AvgIpc) is 2.54. The molecule has 130 valence electrons. The number of nitrogens with one attached hydrogen (secondary N) is 1. The molecule has 0 unspecified atom stereocenters. The lowest BCUT2D eigenvalue weighted by Crippen LogP contribution is -2.26. The first kappa shape index (κ1) is 18.9. The Labute approximate surface area is 149 Å². The molecule has 0 heterocycles. The predicted molar refractivity (Wildman–Crippen MR) is 98.5 cm³/mol. The first-order valence-electron chi connectivity index (χ1n) is 7.83. The molecule has 1 N–H and O–H groups in total. The van der Waals surface area contributed by atoms with Crippen molar-refractivity contribution in [1.82, 2.24) is 9.62 Å². The molecule has 0 bridgehead atoms. The molecule has 24 heavy (non-hydrogen) atoms. The van der Waals surface area contributed by atoms with Gasteiger partial charge in [-0.15, -0.1) is 0 Å². The lowest BCUT2D eigenvalue weighted by Gasteiger charge is -2.18. The molecule has 2 aromatic carbocycles. The molecule has 0 atom stereocenters. The summed E-state index contributed by atoms with van der Waals surface area (Å²) in [6.45, 7) is 5.02. The largest absolute Gasteiger partial charge is 0.310 e. The van der Waals surface area contributed by atoms with E-state index >= 15 is 0 Å². The minimum absolute atomic E-state index is 0.208. The van der Waals surface area contributed by atoms with Gasteiger partial charge in [0.25, 0.3) is 0 Å². The number of nitrogens with zero attached hydrogens (tertiary/aromatic N) is 1. The second-order valence-electron chi connectivity index (χ2n) is 6.04. The molecular formula is C18H23ClN2O2S. The summed E-state index contributed by atoms with van der Waals surface area (Å²) in [5.74, 6) is 0. The van der Waals surface area contributed by atoms with E-state index in [-0.39, 0.29) is 4.90 Å². The molecule has 0 aliphatic heterocycles. The third-order valence-corrected chi connectivity index (χ3v) is 5.83. The number of benzene rings is 2. The molecule has 0 spiro atoms. The number of hydrogen-bond acceptors (Lipinski definition) is 3. The van der Waals surface area contributed by atoms with Crippen molar-refractivity contribution in [3.05, 3.63) is 64.7 Å². The highest BCUT2D eigenvalue weighted by molar-refractivity contribution is 7.89. The highest BCUT2D eigenvalue weighted by Crippen LogP contribution is 2.23. The minimum Gasteiger partial charge on any atom is -0.310 e. The zero-order valence-electron chi connectivity index (χ0n) is 14.2. The molecule has 0 fully saturated rings. The first-order valence-corrected chi connectivity index (χ1v) is 9.64. The van der Waals surface area contributed by atoms with E-state index in [4.69, 9.17) is 11.6 Å². The molecule has 0 aromatic heterocycles. The Kier molecular flexibility index (Phi) is 6.40. The first-order chi connectivity index (χ1) is 11.3. The van der Waals surface area contributed by atoms with Crippen molar-refractivity contribution in [2.45, 2.75) is 37.9 Å². The number of sulfonamides is 1. The van der Waals surface area contributed by atoms with Crippen molar-refractivity contribution in [2.75, 3.05) is 7.05 Å². The Morgan fingerprint density at radius 1 is 1.12 bits per heavy atom. The van der Waals surface area contributed by atoms with Gasteiger partial charge in [-0.3, -0.25) is 0 Å². The number of halogens is 1. The summed E-state index contributed by atoms with van der Waals surface area (Å²) in [6.07, 6.45) is 0. The monoisotopic (exact) mass is 366 g/mol. The molecule has 0 aliphatic rings. The van der Waals surface area contributed by atoms with Gasteiger partial charge >= 0.3 is 0 Å². The van der Waals surface area contributed by atoms with Crippen molar-refractivity contribution in [3.8, 4) is 0 Å². The zero-order valence-corrected chi connectivity index (χ0v) is 15.7. The van der Waals surface area contributed by atoms with E-state index in [1.165, 1.54) is 10.4 Å². The molecule has 0 saturated carbocycles. The van der Waals surface area contributed by atoms with Gasteiger partial charge in [0.2, 0.25) is 10.0 Å². The van der Waals surface area contributed by atoms with Gasteiger partial charge in [-0.1, -0.05) is 61.8 Å². The molecular weight excluding hydrogens is 344 g/mol. The molecule has 2 aromatic rings. The van der Waals surface area contributed by atoms with Crippen LogP contribution in [0.2, 0.25) is 5.02 Å². The van der Waals surface area contributed by atoms with Gasteiger partial charge in [0.15, 0.2) is 0 Å². The number of rotatable bonds is 7. The molecule has 0 aliphatic carbocycles. The van der Waals surface area contributed by atoms with Crippen LogP contribution in [0.15, 0.2) is 53.4 Å². The van der Waals surface area contributed by atoms with E-state index < -0.39 is 10.0 Å². The van der Waals surface area contributed by atoms with Gasteiger partial charge in [-0.25, -0.2) is 8.42 Å². The molecule has 0 saturated heterocycles. The quantitative estimate of drug-likeness (QED) is 0.813. The van der Waals surface area contributed by atoms with Crippen LogP contribution >= 0.6 is 11.6 Å². The fourth-order valence-corrected chi connectivity index (χ4v) is 3.75. The van der Waals surface area contributed by atoms with Crippen molar-refractivity contribution >= 4 is 21.6 Å². The predicted octanol–water partition coefficient (Wildman–Crippen LogP) is 3.66. The van der Waals surface area contributed by atoms with Crippen molar-refractivity contribution < 1.29 is 8.42 Å². The van der Waals surface area contributed by atoms with Crippen LogP contribution in [0, 0.1) is 0 Å². The van der Waals surface area contributed by atoms with Gasteiger partial charge in [0.1, 0.15) is 0 Å². The van der Waals surface area contributed by atoms with E-state index in [9.17, 15) is 8.42 Å². The third-order valence-electron chi connectivity index (χ3n) is 3.68. The van der Waals surface area contributed by atoms with E-state index in [1.807, 2.05) is 44.2 Å². The van der Waals surface area contributed by atoms with Crippen LogP contribution in [0.3, 0.4) is 0 Å². The highest BCUT2D eigenvalue weighted by Gasteiger charge is 2.21. The van der Waals surface area contributed by atoms with Crippen LogP contribution in [0.5, 0.6) is 0 Å². The fourth-order valence-electron chi connectivity index (χ4n) is 2.25. The molecule has 2 rings (SSSR count). The van der Waals surface area contributed by atoms with Crippen LogP contribution in [0.25, 0.3) is 0 Å². The minimum atomic E-state index is -3.58. The molecule has 4 nitrogen and oxygen atoms in total. The summed E-state index contributed by atoms with van der Waals surface area (Å²) in [7, 11) is -2.01. The summed E-state index contributed by atoms with van der Waals surface area (Å²) in [4.78, 5) is 0.208. The SMILES string of the molecule is CC(C)NCc1ccc(S(=O)(=O)N(C)Cc2ccccc2)cc1Cl. The van der Waals surface area contributed by atoms with Crippen LogP contribution < -0.4 is 5.32 Å². The maximum absolute atomic E-state index is 12.7. The van der Waals surface area contributed by atoms with Crippen LogP contribution in [0.1, 0.15) is 25.0 Å². The van der Waals surface area contributed by atoms with E-state index in [0.29, 0.717) is 24.2 Å². The Balaban J connectivity index is 2.18. The van der Waals surface area contributed by atoms with Crippen molar-refractivity contribution in [3.63, 3.8) is 0 Å². The van der Waals surface area contributed by atoms with Crippen LogP contribution in [0.4, 0.5) is 0 Å². The number of hydrogen-bond donors (Lipinski definition) is 1. The summed E-state index contributed by atoms with van der Waals surface area (Å²) < 4.78 is 26.8. The summed E-state index contributed by atoms with van der Waals surface area (Å²) in [5.41, 5.74) is 1.82. The lowest BCUT2D eigenvalue weighted by atomic mass is 10.2. The molecule has 0 amide bonds. The maximum Gasteiger partial charge on any atom is 0.243 e. The van der Waals surface area contributed by atoms with Gasteiger partial charge in [-0.2, -0.15) is 4.31 Å². The lowest BCUT2D eigenvalue weighted by molar-refractivity contribution is 0.466. The third kappa shape index (κ3) is 4.80. The molecule has 0 radical (unpaired) electrons. The Bertz CT molecular complexity index is 777. The Hall–Kier alpha value is -1.40. The second kappa shape index (κ2) is 8.12. The van der Waals surface area contributed by atoms with Crippen molar-refractivity contribution in [1.29, 1.82) is 0 Å². The van der Waals surface area contributed by atoms with Crippen LogP contribution in [-0.4, -0.2) is 25.8 Å². The van der Waals surface area contributed by atoms with Gasteiger partial charge in [-0.05, 0) is 23.3 Å². The maximum atomic E-state index is 12.7. The fraction of sp³-hybridized carbons (Fsp3) is 0.333. The van der Waals surface area contributed by atoms with E-state index in [2.05, 4.69) is 5.32 Å². The standard InChI is InChI=1S/C18H23ClN2O2S/c1-14(2)20-12-16-9-10-17(11-18(16)19)24(22,23)21(3)13-15-7-5-4-6-8-15/h4-11,14,20H,12-13H2,1-3H3. The summed E-state index contributed by atoms with van der Waals surface area (Å²) >= 11 is 6.26. The van der Waals surface area contributed by atoms with Crippen LogP contribution in [-0.2, 0) is 23.1 Å². The Morgan fingerprint density at radius 3 is 2.38 bits per heavy atom. The van der Waals surface area contributed by atoms with Gasteiger partial charge in [0, 0.05) is 31.2 Å². The zero-order chi connectivity index (χ0) is 17.7. The van der Waals surface area contributed by atoms with E-state index in [1.54, 1.807) is 19.2 Å². The van der Waals surface area contributed by atoms with E-state index in [0.717, 1.165) is 11.1 Å². The topological polar surface area (TPSA) is 49.4 Å². The summed E-state index contributed by atoms with van der Waals surface area (Å²) in [6, 6.07) is 14.7. The van der Waals surface area contributed by atoms with Gasteiger partial charge < -0.3 is 5.32 Å².